The van der Waals surface area contributed by atoms with E-state index in [1.807, 2.05) is 0 Å². The lowest BCUT2D eigenvalue weighted by atomic mass is 9.97. The van der Waals surface area contributed by atoms with Crippen LogP contribution in [0.1, 0.15) is 49.9 Å². The van der Waals surface area contributed by atoms with Crippen LogP contribution in [0.2, 0.25) is 0 Å². The van der Waals surface area contributed by atoms with Gasteiger partial charge in [-0.15, -0.1) is 0 Å². The third-order valence-corrected chi connectivity index (χ3v) is 4.08. The van der Waals surface area contributed by atoms with Crippen LogP contribution in [0.25, 0.3) is 0 Å². The molecule has 5 heteroatoms. The number of aliphatic hydroxyl groups excluding tert-OH is 1. The van der Waals surface area contributed by atoms with E-state index in [1.165, 1.54) is 0 Å². The number of amides is 2. The second-order valence-electron chi connectivity index (χ2n) is 5.78. The summed E-state index contributed by atoms with van der Waals surface area (Å²) in [7, 11) is 0. The van der Waals surface area contributed by atoms with Gasteiger partial charge in [0, 0.05) is 24.2 Å². The molecule has 1 saturated heterocycles. The molecular weight excluding hydrogens is 280 g/mol. The maximum absolute atomic E-state index is 12.7. The van der Waals surface area contributed by atoms with Crippen molar-refractivity contribution < 1.29 is 14.7 Å². The van der Waals surface area contributed by atoms with Crippen LogP contribution in [0, 0.1) is 0 Å². The molecule has 0 aromatic heterocycles. The highest BCUT2D eigenvalue weighted by atomic mass is 16.3. The monoisotopic (exact) mass is 304 g/mol. The van der Waals surface area contributed by atoms with Gasteiger partial charge in [0.1, 0.15) is 0 Å². The zero-order valence-electron chi connectivity index (χ0n) is 13.2. The van der Waals surface area contributed by atoms with Gasteiger partial charge in [-0.25, -0.2) is 0 Å². The summed E-state index contributed by atoms with van der Waals surface area (Å²) in [6, 6.07) is 6.85. The Morgan fingerprint density at radius 3 is 2.86 bits per heavy atom. The van der Waals surface area contributed by atoms with Crippen LogP contribution in [-0.4, -0.2) is 40.5 Å². The lowest BCUT2D eigenvalue weighted by Crippen LogP contribution is -2.48. The first-order valence-electron chi connectivity index (χ1n) is 7.92. The van der Waals surface area contributed by atoms with E-state index in [0.29, 0.717) is 24.2 Å². The molecule has 0 spiro atoms. The van der Waals surface area contributed by atoms with Crippen molar-refractivity contribution in [3.63, 3.8) is 0 Å². The van der Waals surface area contributed by atoms with Crippen molar-refractivity contribution in [2.24, 2.45) is 0 Å². The first-order chi connectivity index (χ1) is 10.5. The molecule has 1 aromatic rings. The van der Waals surface area contributed by atoms with Gasteiger partial charge >= 0.3 is 0 Å². The van der Waals surface area contributed by atoms with Gasteiger partial charge in [0.2, 0.25) is 5.91 Å². The van der Waals surface area contributed by atoms with Crippen molar-refractivity contribution in [3.05, 3.63) is 29.8 Å². The predicted octanol–water partition coefficient (Wildman–Crippen LogP) is 2.41. The van der Waals surface area contributed by atoms with Crippen molar-refractivity contribution in [2.45, 2.75) is 51.7 Å². The summed E-state index contributed by atoms with van der Waals surface area (Å²) < 4.78 is 0. The predicted molar refractivity (Wildman–Crippen MR) is 85.7 cm³/mol. The van der Waals surface area contributed by atoms with E-state index in [0.717, 1.165) is 19.3 Å². The van der Waals surface area contributed by atoms with Crippen LogP contribution < -0.4 is 5.32 Å². The largest absolute Gasteiger partial charge is 0.391 e. The number of carbonyl (C=O) groups excluding carboxylic acids is 2. The standard InChI is InChI=1S/C17H24N2O3/c1-3-16(21)18-14-8-6-7-13(11-14)17(22)19-10-5-4-9-15(19)12(2)20/h6-8,11-12,15,20H,3-5,9-10H2,1-2H3,(H,18,21). The third-order valence-electron chi connectivity index (χ3n) is 4.08. The molecule has 2 N–H and O–H groups in total. The molecule has 1 aliphatic heterocycles. The average molecular weight is 304 g/mol. The van der Waals surface area contributed by atoms with E-state index in [2.05, 4.69) is 5.32 Å². The molecule has 22 heavy (non-hydrogen) atoms. The van der Waals surface area contributed by atoms with Crippen LogP contribution in [-0.2, 0) is 4.79 Å². The zero-order chi connectivity index (χ0) is 16.1. The number of hydrogen-bond acceptors (Lipinski definition) is 3. The van der Waals surface area contributed by atoms with E-state index >= 15 is 0 Å². The zero-order valence-corrected chi connectivity index (χ0v) is 13.2. The van der Waals surface area contributed by atoms with E-state index in [4.69, 9.17) is 0 Å². The number of aliphatic hydroxyl groups is 1. The number of piperidine rings is 1. The molecule has 0 bridgehead atoms. The molecule has 1 fully saturated rings. The molecule has 0 saturated carbocycles. The maximum atomic E-state index is 12.7. The van der Waals surface area contributed by atoms with Crippen molar-refractivity contribution >= 4 is 17.5 Å². The number of benzene rings is 1. The van der Waals surface area contributed by atoms with Gasteiger partial charge in [-0.2, -0.15) is 0 Å². The molecule has 2 rings (SSSR count). The van der Waals surface area contributed by atoms with E-state index < -0.39 is 6.10 Å². The van der Waals surface area contributed by atoms with Crippen molar-refractivity contribution in [1.29, 1.82) is 0 Å². The summed E-state index contributed by atoms with van der Waals surface area (Å²) >= 11 is 0. The second-order valence-corrected chi connectivity index (χ2v) is 5.78. The molecule has 0 radical (unpaired) electrons. The Morgan fingerprint density at radius 2 is 2.18 bits per heavy atom. The molecule has 1 aliphatic rings. The van der Waals surface area contributed by atoms with E-state index in [1.54, 1.807) is 43.0 Å². The van der Waals surface area contributed by atoms with E-state index in [-0.39, 0.29) is 17.9 Å². The molecule has 2 atom stereocenters. The molecular formula is C17H24N2O3. The summed E-state index contributed by atoms with van der Waals surface area (Å²) in [5.41, 5.74) is 1.17. The average Bonchev–Trinajstić information content (AvgIpc) is 2.54. The van der Waals surface area contributed by atoms with Gasteiger partial charge in [-0.1, -0.05) is 13.0 Å². The van der Waals surface area contributed by atoms with Gasteiger partial charge in [0.25, 0.3) is 5.91 Å². The van der Waals surface area contributed by atoms with Crippen molar-refractivity contribution in [2.75, 3.05) is 11.9 Å². The Kier molecular flexibility index (Phi) is 5.55. The number of rotatable bonds is 4. The highest BCUT2D eigenvalue weighted by Crippen LogP contribution is 2.23. The molecule has 1 heterocycles. The van der Waals surface area contributed by atoms with Crippen molar-refractivity contribution in [1.82, 2.24) is 4.90 Å². The SMILES string of the molecule is CCC(=O)Nc1cccc(C(=O)N2CCCCC2C(C)O)c1. The minimum atomic E-state index is -0.535. The topological polar surface area (TPSA) is 69.6 Å². The quantitative estimate of drug-likeness (QED) is 0.897. The molecule has 120 valence electrons. The van der Waals surface area contributed by atoms with Crippen LogP contribution in [0.4, 0.5) is 5.69 Å². The van der Waals surface area contributed by atoms with Crippen LogP contribution in [0.15, 0.2) is 24.3 Å². The summed E-state index contributed by atoms with van der Waals surface area (Å²) in [4.78, 5) is 25.9. The number of anilines is 1. The fourth-order valence-electron chi connectivity index (χ4n) is 2.86. The van der Waals surface area contributed by atoms with E-state index in [9.17, 15) is 14.7 Å². The molecule has 0 aliphatic carbocycles. The lowest BCUT2D eigenvalue weighted by molar-refractivity contribution is -0.115. The first-order valence-corrected chi connectivity index (χ1v) is 7.92. The lowest BCUT2D eigenvalue weighted by Gasteiger charge is -2.37. The Morgan fingerprint density at radius 1 is 1.41 bits per heavy atom. The number of nitrogens with zero attached hydrogens (tertiary/aromatic N) is 1. The molecule has 5 nitrogen and oxygen atoms in total. The summed E-state index contributed by atoms with van der Waals surface area (Å²) in [6.45, 7) is 4.18. The highest BCUT2D eigenvalue weighted by molar-refractivity contribution is 5.97. The summed E-state index contributed by atoms with van der Waals surface area (Å²) in [5.74, 6) is -0.164. The summed E-state index contributed by atoms with van der Waals surface area (Å²) in [5, 5.41) is 12.7. The van der Waals surface area contributed by atoms with Gasteiger partial charge in [-0.05, 0) is 44.4 Å². The second kappa shape index (κ2) is 7.40. The molecule has 1 aromatic carbocycles. The summed E-state index contributed by atoms with van der Waals surface area (Å²) in [6.07, 6.45) is 2.68. The minimum Gasteiger partial charge on any atom is -0.391 e. The number of hydrogen-bond donors (Lipinski definition) is 2. The maximum Gasteiger partial charge on any atom is 0.254 e. The number of carbonyl (C=O) groups is 2. The fourth-order valence-corrected chi connectivity index (χ4v) is 2.86. The minimum absolute atomic E-state index is 0.0792. The Labute approximate surface area is 131 Å². The Balaban J connectivity index is 2.17. The van der Waals surface area contributed by atoms with Gasteiger partial charge in [0.05, 0.1) is 12.1 Å². The van der Waals surface area contributed by atoms with Crippen LogP contribution in [0.3, 0.4) is 0 Å². The smallest absolute Gasteiger partial charge is 0.254 e. The number of nitrogens with one attached hydrogen (secondary N) is 1. The highest BCUT2D eigenvalue weighted by Gasteiger charge is 2.30. The van der Waals surface area contributed by atoms with Gasteiger partial charge < -0.3 is 15.3 Å². The van der Waals surface area contributed by atoms with Crippen LogP contribution >= 0.6 is 0 Å². The third kappa shape index (κ3) is 3.85. The first kappa shape index (κ1) is 16.5. The van der Waals surface area contributed by atoms with Gasteiger partial charge in [0.15, 0.2) is 0 Å². The number of likely N-dealkylation sites (tertiary alicyclic amines) is 1. The molecule has 2 unspecified atom stereocenters. The van der Waals surface area contributed by atoms with Crippen LogP contribution in [0.5, 0.6) is 0 Å². The fraction of sp³-hybridized carbons (Fsp3) is 0.529. The Bertz CT molecular complexity index is 542. The molecule has 2 amide bonds. The van der Waals surface area contributed by atoms with Crippen molar-refractivity contribution in [3.8, 4) is 0 Å². The normalized spacial score (nSPS) is 19.6. The Hall–Kier alpha value is -1.88. The van der Waals surface area contributed by atoms with Gasteiger partial charge in [-0.3, -0.25) is 9.59 Å².